The predicted octanol–water partition coefficient (Wildman–Crippen LogP) is 3.63. The van der Waals surface area contributed by atoms with Crippen LogP contribution < -0.4 is 14.8 Å². The summed E-state index contributed by atoms with van der Waals surface area (Å²) in [6, 6.07) is 10.1. The molecule has 0 saturated carbocycles. The highest BCUT2D eigenvalue weighted by molar-refractivity contribution is 6.05. The summed E-state index contributed by atoms with van der Waals surface area (Å²) in [4.78, 5) is 4.13. The number of fused-ring (bicyclic) bond motifs is 3. The minimum atomic E-state index is 0.700. The summed E-state index contributed by atoms with van der Waals surface area (Å²) in [6.45, 7) is 0.700. The van der Waals surface area contributed by atoms with E-state index in [2.05, 4.69) is 26.6 Å². The van der Waals surface area contributed by atoms with E-state index in [4.69, 9.17) is 9.47 Å². The van der Waals surface area contributed by atoms with Gasteiger partial charge >= 0.3 is 0 Å². The third-order valence-electron chi connectivity index (χ3n) is 4.17. The second-order valence-electron chi connectivity index (χ2n) is 5.57. The van der Waals surface area contributed by atoms with Gasteiger partial charge in [0, 0.05) is 29.9 Å². The zero-order valence-corrected chi connectivity index (χ0v) is 13.5. The molecule has 6 nitrogen and oxygen atoms in total. The van der Waals surface area contributed by atoms with E-state index >= 15 is 0 Å². The van der Waals surface area contributed by atoms with Crippen molar-refractivity contribution in [2.75, 3.05) is 19.5 Å². The SMILES string of the molecule is COc1cc2cc3c(NCc4cccnc4)[nH][nH]c-3c2cc1OC. The van der Waals surface area contributed by atoms with Crippen LogP contribution in [0.1, 0.15) is 5.56 Å². The molecule has 1 aromatic carbocycles. The van der Waals surface area contributed by atoms with E-state index < -0.39 is 0 Å². The van der Waals surface area contributed by atoms with E-state index in [1.54, 1.807) is 20.4 Å². The molecule has 1 aliphatic heterocycles. The van der Waals surface area contributed by atoms with E-state index in [0.717, 1.165) is 44.9 Å². The number of pyridine rings is 1. The lowest BCUT2D eigenvalue weighted by molar-refractivity contribution is 0.356. The Morgan fingerprint density at radius 3 is 2.67 bits per heavy atom. The highest BCUT2D eigenvalue weighted by Crippen LogP contribution is 2.42. The third kappa shape index (κ3) is 2.32. The molecule has 0 atom stereocenters. The zero-order valence-electron chi connectivity index (χ0n) is 13.5. The third-order valence-corrected chi connectivity index (χ3v) is 4.17. The first-order chi connectivity index (χ1) is 11.8. The maximum Gasteiger partial charge on any atom is 0.161 e. The van der Waals surface area contributed by atoms with Gasteiger partial charge in [0.05, 0.1) is 19.9 Å². The van der Waals surface area contributed by atoms with Crippen LogP contribution >= 0.6 is 0 Å². The maximum atomic E-state index is 5.40. The number of hydrogen-bond donors (Lipinski definition) is 3. The van der Waals surface area contributed by atoms with Gasteiger partial charge in [-0.1, -0.05) is 6.07 Å². The van der Waals surface area contributed by atoms with Crippen molar-refractivity contribution in [1.29, 1.82) is 0 Å². The fourth-order valence-corrected chi connectivity index (χ4v) is 2.96. The molecule has 0 radical (unpaired) electrons. The maximum absolute atomic E-state index is 5.40. The van der Waals surface area contributed by atoms with Crippen LogP contribution in [0.4, 0.5) is 5.82 Å². The number of aromatic amines is 2. The quantitative estimate of drug-likeness (QED) is 0.524. The molecular weight excluding hydrogens is 304 g/mol. The van der Waals surface area contributed by atoms with E-state index in [-0.39, 0.29) is 0 Å². The molecule has 2 aromatic rings. The van der Waals surface area contributed by atoms with Gasteiger partial charge in [0.25, 0.3) is 0 Å². The van der Waals surface area contributed by atoms with Gasteiger partial charge in [-0.3, -0.25) is 15.2 Å². The number of methoxy groups -OCH3 is 2. The number of nitrogens with one attached hydrogen (secondary N) is 3. The summed E-state index contributed by atoms with van der Waals surface area (Å²) in [6.07, 6.45) is 3.63. The number of ether oxygens (including phenoxy) is 2. The highest BCUT2D eigenvalue weighted by Gasteiger charge is 2.19. The number of benzene rings is 1. The van der Waals surface area contributed by atoms with Gasteiger partial charge in [-0.15, -0.1) is 0 Å². The summed E-state index contributed by atoms with van der Waals surface area (Å²) in [5.41, 5.74) is 3.27. The van der Waals surface area contributed by atoms with E-state index in [1.807, 2.05) is 30.5 Å². The van der Waals surface area contributed by atoms with Crippen LogP contribution in [0.2, 0.25) is 0 Å². The average Bonchev–Trinajstić information content (AvgIpc) is 3.18. The van der Waals surface area contributed by atoms with Crippen LogP contribution in [-0.2, 0) is 6.54 Å². The highest BCUT2D eigenvalue weighted by atomic mass is 16.5. The molecule has 0 spiro atoms. The van der Waals surface area contributed by atoms with Gasteiger partial charge in [-0.05, 0) is 35.2 Å². The molecule has 0 bridgehead atoms. The van der Waals surface area contributed by atoms with E-state index in [9.17, 15) is 0 Å². The molecule has 1 aromatic heterocycles. The number of anilines is 1. The first-order valence-corrected chi connectivity index (χ1v) is 7.67. The Morgan fingerprint density at radius 2 is 1.92 bits per heavy atom. The van der Waals surface area contributed by atoms with Gasteiger partial charge in [-0.25, -0.2) is 0 Å². The fraction of sp³-hybridized carbons (Fsp3) is 0.167. The minimum Gasteiger partial charge on any atom is -0.493 e. The molecule has 24 heavy (non-hydrogen) atoms. The molecule has 3 N–H and O–H groups in total. The van der Waals surface area contributed by atoms with Crippen molar-refractivity contribution in [3.8, 4) is 22.8 Å². The summed E-state index contributed by atoms with van der Waals surface area (Å²) in [5, 5.41) is 12.0. The molecular formula is C18H18N4O2. The first-order valence-electron chi connectivity index (χ1n) is 7.67. The summed E-state index contributed by atoms with van der Waals surface area (Å²) in [7, 11) is 3.29. The van der Waals surface area contributed by atoms with Crippen molar-refractivity contribution in [2.45, 2.75) is 6.54 Å². The van der Waals surface area contributed by atoms with Crippen molar-refractivity contribution in [1.82, 2.24) is 15.2 Å². The van der Waals surface area contributed by atoms with Crippen LogP contribution in [0.3, 0.4) is 0 Å². The molecule has 2 aliphatic rings. The first kappa shape index (κ1) is 14.4. The number of hydrogen-bond acceptors (Lipinski definition) is 4. The van der Waals surface area contributed by atoms with Gasteiger partial charge in [-0.2, -0.15) is 0 Å². The van der Waals surface area contributed by atoms with Gasteiger partial charge < -0.3 is 14.8 Å². The van der Waals surface area contributed by atoms with Crippen LogP contribution in [0.5, 0.6) is 11.5 Å². The topological polar surface area (TPSA) is 75.0 Å². The fourth-order valence-electron chi connectivity index (χ4n) is 2.96. The Hall–Kier alpha value is -3.15. The van der Waals surface area contributed by atoms with Crippen molar-refractivity contribution in [3.63, 3.8) is 0 Å². The lowest BCUT2D eigenvalue weighted by atomic mass is 10.2. The Labute approximate surface area is 139 Å². The van der Waals surface area contributed by atoms with Crippen LogP contribution in [0, 0.1) is 0 Å². The average molecular weight is 322 g/mol. The van der Waals surface area contributed by atoms with Gasteiger partial charge in [0.1, 0.15) is 5.82 Å². The van der Waals surface area contributed by atoms with Gasteiger partial charge in [0.15, 0.2) is 11.5 Å². The zero-order chi connectivity index (χ0) is 16.5. The van der Waals surface area contributed by atoms with Crippen molar-refractivity contribution < 1.29 is 9.47 Å². The largest absolute Gasteiger partial charge is 0.493 e. The van der Waals surface area contributed by atoms with Crippen molar-refractivity contribution in [2.24, 2.45) is 0 Å². The molecule has 2 heterocycles. The molecule has 122 valence electrons. The standard InChI is InChI=1S/C18H18N4O2/c1-23-15-7-12-6-14-17(13(12)8-16(15)24-2)21-22-18(14)20-10-11-4-3-5-19-9-11/h3-9,20-22H,10H2,1-2H3. The number of H-pyrrole nitrogens is 2. The lowest BCUT2D eigenvalue weighted by Crippen LogP contribution is -2.00. The van der Waals surface area contributed by atoms with Crippen LogP contribution in [0.15, 0.2) is 42.7 Å². The van der Waals surface area contributed by atoms with E-state index in [0.29, 0.717) is 6.54 Å². The summed E-state index contributed by atoms with van der Waals surface area (Å²) >= 11 is 0. The molecule has 6 heteroatoms. The molecule has 0 fully saturated rings. The second kappa shape index (κ2) is 5.81. The minimum absolute atomic E-state index is 0.700. The molecule has 0 amide bonds. The number of rotatable bonds is 5. The summed E-state index contributed by atoms with van der Waals surface area (Å²) in [5.74, 6) is 2.39. The summed E-state index contributed by atoms with van der Waals surface area (Å²) < 4.78 is 10.8. The Kier molecular flexibility index (Phi) is 3.49. The molecule has 1 aliphatic carbocycles. The van der Waals surface area contributed by atoms with Crippen molar-refractivity contribution >= 4 is 16.6 Å². The van der Waals surface area contributed by atoms with Crippen LogP contribution in [-0.4, -0.2) is 29.4 Å². The van der Waals surface area contributed by atoms with Crippen LogP contribution in [0.25, 0.3) is 22.0 Å². The molecule has 0 saturated heterocycles. The van der Waals surface area contributed by atoms with Gasteiger partial charge in [0.2, 0.25) is 0 Å². The monoisotopic (exact) mass is 322 g/mol. The predicted molar refractivity (Wildman–Crippen MR) is 93.9 cm³/mol. The molecule has 4 rings (SSSR count). The molecule has 0 unspecified atom stereocenters. The Bertz CT molecular complexity index is 943. The second-order valence-corrected chi connectivity index (χ2v) is 5.57. The smallest absolute Gasteiger partial charge is 0.161 e. The number of nitrogens with zero attached hydrogens (tertiary/aromatic N) is 1. The van der Waals surface area contributed by atoms with Crippen molar-refractivity contribution in [3.05, 3.63) is 48.3 Å². The lowest BCUT2D eigenvalue weighted by Gasteiger charge is -2.07. The van der Waals surface area contributed by atoms with E-state index in [1.165, 1.54) is 0 Å². The number of aromatic nitrogens is 3. The Balaban J connectivity index is 1.69. The normalized spacial score (nSPS) is 11.1. The Morgan fingerprint density at radius 1 is 1.08 bits per heavy atom.